The van der Waals surface area contributed by atoms with Crippen LogP contribution in [0.1, 0.15) is 24.8 Å². The Kier molecular flexibility index (Phi) is 5.57. The first-order valence-electron chi connectivity index (χ1n) is 7.31. The lowest BCUT2D eigenvalue weighted by molar-refractivity contribution is 0.388. The Bertz CT molecular complexity index is 505. The Balaban J connectivity index is 1.76. The normalized spacial score (nSPS) is 17.2. The van der Waals surface area contributed by atoms with E-state index in [1.807, 2.05) is 19.1 Å². The lowest BCUT2D eigenvalue weighted by Crippen LogP contribution is -2.40. The molecule has 1 aliphatic heterocycles. The smallest absolute Gasteiger partial charge is 0.178 e. The molecular weight excluding hydrogens is 272 g/mol. The first kappa shape index (κ1) is 15.5. The summed E-state index contributed by atoms with van der Waals surface area (Å²) in [5.74, 6) is 0.216. The minimum absolute atomic E-state index is 0.216. The molecule has 0 unspecified atom stereocenters. The summed E-state index contributed by atoms with van der Waals surface area (Å²) in [6, 6.07) is 7.63. The number of nitrogens with one attached hydrogen (secondary N) is 2. The summed E-state index contributed by atoms with van der Waals surface area (Å²) in [5.41, 5.74) is 1.08. The van der Waals surface area contributed by atoms with E-state index in [2.05, 4.69) is 10.6 Å². The van der Waals surface area contributed by atoms with Crippen LogP contribution in [0.2, 0.25) is 0 Å². The average Bonchev–Trinajstić information content (AvgIpc) is 2.45. The van der Waals surface area contributed by atoms with Gasteiger partial charge >= 0.3 is 0 Å². The summed E-state index contributed by atoms with van der Waals surface area (Å²) in [7, 11) is -3.13. The first-order chi connectivity index (χ1) is 9.58. The van der Waals surface area contributed by atoms with E-state index in [1.54, 1.807) is 12.1 Å². The molecule has 0 saturated carbocycles. The lowest BCUT2D eigenvalue weighted by Gasteiger charge is -2.23. The van der Waals surface area contributed by atoms with E-state index in [-0.39, 0.29) is 5.75 Å². The average molecular weight is 296 g/mol. The van der Waals surface area contributed by atoms with Crippen LogP contribution >= 0.6 is 0 Å². The molecule has 2 N–H and O–H groups in total. The van der Waals surface area contributed by atoms with Crippen molar-refractivity contribution in [3.63, 3.8) is 0 Å². The standard InChI is InChI=1S/C15H24N2O2S/c1-13-3-5-15(6-4-13)20(18,19)12-2-9-17-14-7-10-16-11-8-14/h3-6,14,16-17H,2,7-12H2,1H3. The maximum atomic E-state index is 12.2. The number of rotatable bonds is 6. The molecule has 0 aliphatic carbocycles. The van der Waals surface area contributed by atoms with Crippen molar-refractivity contribution in [1.82, 2.24) is 10.6 Å². The van der Waals surface area contributed by atoms with Gasteiger partial charge in [0.05, 0.1) is 10.6 Å². The molecule has 1 aromatic carbocycles. The van der Waals surface area contributed by atoms with Crippen molar-refractivity contribution in [2.24, 2.45) is 0 Å². The van der Waals surface area contributed by atoms with Crippen LogP contribution in [0.5, 0.6) is 0 Å². The van der Waals surface area contributed by atoms with Gasteiger partial charge in [0.15, 0.2) is 9.84 Å². The van der Waals surface area contributed by atoms with Crippen LogP contribution in [0.3, 0.4) is 0 Å². The summed E-state index contributed by atoms with van der Waals surface area (Å²) in [4.78, 5) is 0.435. The summed E-state index contributed by atoms with van der Waals surface area (Å²) in [5, 5.41) is 6.77. The van der Waals surface area contributed by atoms with Gasteiger partial charge in [0.2, 0.25) is 0 Å². The van der Waals surface area contributed by atoms with Gasteiger partial charge < -0.3 is 10.6 Å². The fraction of sp³-hybridized carbons (Fsp3) is 0.600. The Morgan fingerprint density at radius 1 is 1.20 bits per heavy atom. The molecule has 0 aromatic heterocycles. The minimum Gasteiger partial charge on any atom is -0.317 e. The molecule has 112 valence electrons. The molecular formula is C15H24N2O2S. The second-order valence-corrected chi connectivity index (χ2v) is 7.57. The zero-order valence-corrected chi connectivity index (χ0v) is 12.9. The molecule has 0 atom stereocenters. The monoisotopic (exact) mass is 296 g/mol. The van der Waals surface area contributed by atoms with Crippen molar-refractivity contribution >= 4 is 9.84 Å². The number of sulfone groups is 1. The van der Waals surface area contributed by atoms with E-state index >= 15 is 0 Å². The van der Waals surface area contributed by atoms with Gasteiger partial charge in [-0.1, -0.05) is 17.7 Å². The molecule has 5 heteroatoms. The molecule has 2 rings (SSSR count). The second kappa shape index (κ2) is 7.20. The zero-order chi connectivity index (χ0) is 14.4. The van der Waals surface area contributed by atoms with E-state index in [4.69, 9.17) is 0 Å². The predicted molar refractivity (Wildman–Crippen MR) is 81.7 cm³/mol. The van der Waals surface area contributed by atoms with Crippen LogP contribution in [-0.4, -0.2) is 39.8 Å². The van der Waals surface area contributed by atoms with Crippen LogP contribution in [-0.2, 0) is 9.84 Å². The Morgan fingerprint density at radius 2 is 1.85 bits per heavy atom. The summed E-state index contributed by atoms with van der Waals surface area (Å²) in [6.45, 7) is 4.84. The molecule has 20 heavy (non-hydrogen) atoms. The highest BCUT2D eigenvalue weighted by molar-refractivity contribution is 7.91. The van der Waals surface area contributed by atoms with Gasteiger partial charge in [-0.25, -0.2) is 8.42 Å². The van der Waals surface area contributed by atoms with Crippen LogP contribution in [0, 0.1) is 6.92 Å². The SMILES string of the molecule is Cc1ccc(S(=O)(=O)CCCNC2CCNCC2)cc1. The number of hydrogen-bond donors (Lipinski definition) is 2. The van der Waals surface area contributed by atoms with Gasteiger partial charge in [-0.3, -0.25) is 0 Å². The molecule has 1 aliphatic rings. The van der Waals surface area contributed by atoms with Gasteiger partial charge in [0.25, 0.3) is 0 Å². The molecule has 0 bridgehead atoms. The van der Waals surface area contributed by atoms with Crippen molar-refractivity contribution < 1.29 is 8.42 Å². The minimum atomic E-state index is -3.13. The molecule has 0 amide bonds. The largest absolute Gasteiger partial charge is 0.317 e. The fourth-order valence-electron chi connectivity index (χ4n) is 2.46. The third-order valence-corrected chi connectivity index (χ3v) is 5.56. The molecule has 1 saturated heterocycles. The molecule has 1 aromatic rings. The van der Waals surface area contributed by atoms with Crippen molar-refractivity contribution in [2.45, 2.75) is 37.1 Å². The number of hydrogen-bond acceptors (Lipinski definition) is 4. The van der Waals surface area contributed by atoms with Crippen molar-refractivity contribution in [3.8, 4) is 0 Å². The molecule has 4 nitrogen and oxygen atoms in total. The predicted octanol–water partition coefficient (Wildman–Crippen LogP) is 1.50. The maximum absolute atomic E-state index is 12.2. The summed E-state index contributed by atoms with van der Waals surface area (Å²) in [6.07, 6.45) is 2.93. The molecule has 0 radical (unpaired) electrons. The van der Waals surface area contributed by atoms with Crippen molar-refractivity contribution in [2.75, 3.05) is 25.4 Å². The number of benzene rings is 1. The first-order valence-corrected chi connectivity index (χ1v) is 8.97. The topological polar surface area (TPSA) is 58.2 Å². The maximum Gasteiger partial charge on any atom is 0.178 e. The van der Waals surface area contributed by atoms with Crippen molar-refractivity contribution in [3.05, 3.63) is 29.8 Å². The highest BCUT2D eigenvalue weighted by Gasteiger charge is 2.15. The van der Waals surface area contributed by atoms with Crippen LogP contribution in [0.4, 0.5) is 0 Å². The van der Waals surface area contributed by atoms with Gasteiger partial charge in [-0.05, 0) is 58.0 Å². The Labute approximate surface area is 121 Å². The summed E-state index contributed by atoms with van der Waals surface area (Å²) >= 11 is 0. The number of piperidine rings is 1. The van der Waals surface area contributed by atoms with Gasteiger partial charge in [0.1, 0.15) is 0 Å². The van der Waals surface area contributed by atoms with E-state index in [9.17, 15) is 8.42 Å². The van der Waals surface area contributed by atoms with Gasteiger partial charge in [-0.15, -0.1) is 0 Å². The van der Waals surface area contributed by atoms with E-state index in [0.29, 0.717) is 17.4 Å². The number of aryl methyl sites for hydroxylation is 1. The Morgan fingerprint density at radius 3 is 2.50 bits per heavy atom. The van der Waals surface area contributed by atoms with Crippen molar-refractivity contribution in [1.29, 1.82) is 0 Å². The van der Waals surface area contributed by atoms with Crippen LogP contribution < -0.4 is 10.6 Å². The molecule has 0 spiro atoms. The van der Waals surface area contributed by atoms with E-state index in [1.165, 1.54) is 0 Å². The van der Waals surface area contributed by atoms with Crippen LogP contribution in [0.25, 0.3) is 0 Å². The summed E-state index contributed by atoms with van der Waals surface area (Å²) < 4.78 is 24.3. The third-order valence-electron chi connectivity index (χ3n) is 3.74. The zero-order valence-electron chi connectivity index (χ0n) is 12.1. The quantitative estimate of drug-likeness (QED) is 0.781. The van der Waals surface area contributed by atoms with Crippen LogP contribution in [0.15, 0.2) is 29.2 Å². The third kappa shape index (κ3) is 4.58. The highest BCUT2D eigenvalue weighted by Crippen LogP contribution is 2.13. The highest BCUT2D eigenvalue weighted by atomic mass is 32.2. The Hall–Kier alpha value is -0.910. The lowest BCUT2D eigenvalue weighted by atomic mass is 10.1. The molecule has 1 fully saturated rings. The van der Waals surface area contributed by atoms with E-state index < -0.39 is 9.84 Å². The van der Waals surface area contributed by atoms with Gasteiger partial charge in [0, 0.05) is 6.04 Å². The second-order valence-electron chi connectivity index (χ2n) is 5.46. The van der Waals surface area contributed by atoms with Gasteiger partial charge in [-0.2, -0.15) is 0 Å². The fourth-order valence-corrected chi connectivity index (χ4v) is 3.77. The molecule has 1 heterocycles. The van der Waals surface area contributed by atoms with E-state index in [0.717, 1.165) is 38.0 Å².